The van der Waals surface area contributed by atoms with Gasteiger partial charge in [-0.05, 0) is 38.4 Å². The Kier molecular flexibility index (Phi) is 3.81. The molecule has 1 N–H and O–H groups in total. The third kappa shape index (κ3) is 2.61. The molecule has 1 unspecified atom stereocenters. The number of nitro groups is 1. The van der Waals surface area contributed by atoms with E-state index in [0.717, 1.165) is 37.3 Å². The highest BCUT2D eigenvalue weighted by atomic mass is 16.6. The van der Waals surface area contributed by atoms with Gasteiger partial charge in [0.15, 0.2) is 0 Å². The predicted molar refractivity (Wildman–Crippen MR) is 72.1 cm³/mol. The smallest absolute Gasteiger partial charge is 0.271 e. The molecule has 1 atom stereocenters. The first-order valence-electron chi connectivity index (χ1n) is 6.35. The Morgan fingerprint density at radius 2 is 2.28 bits per heavy atom. The number of benzene rings is 1. The van der Waals surface area contributed by atoms with Gasteiger partial charge >= 0.3 is 0 Å². The molecule has 0 spiro atoms. The lowest BCUT2D eigenvalue weighted by Gasteiger charge is -2.29. The van der Waals surface area contributed by atoms with Crippen molar-refractivity contribution in [3.05, 3.63) is 33.9 Å². The lowest BCUT2D eigenvalue weighted by molar-refractivity contribution is -0.384. The van der Waals surface area contributed by atoms with Gasteiger partial charge in [0.05, 0.1) is 4.92 Å². The summed E-state index contributed by atoms with van der Waals surface area (Å²) in [6, 6.07) is 5.75. The van der Waals surface area contributed by atoms with Crippen LogP contribution in [0.2, 0.25) is 0 Å². The molecule has 98 valence electrons. The Morgan fingerprint density at radius 3 is 2.83 bits per heavy atom. The summed E-state index contributed by atoms with van der Waals surface area (Å²) < 4.78 is 0. The fourth-order valence-electron chi connectivity index (χ4n) is 2.57. The molecule has 1 aromatic carbocycles. The molecule has 0 radical (unpaired) electrons. The first kappa shape index (κ1) is 12.8. The molecule has 1 aliphatic heterocycles. The summed E-state index contributed by atoms with van der Waals surface area (Å²) in [5, 5.41) is 14.2. The molecule has 0 aliphatic carbocycles. The number of hydrogen-bond acceptors (Lipinski definition) is 4. The van der Waals surface area contributed by atoms with E-state index >= 15 is 0 Å². The molecule has 1 saturated heterocycles. The van der Waals surface area contributed by atoms with Crippen molar-refractivity contribution in [2.24, 2.45) is 0 Å². The summed E-state index contributed by atoms with van der Waals surface area (Å²) in [7, 11) is 0. The second kappa shape index (κ2) is 5.35. The van der Waals surface area contributed by atoms with Crippen LogP contribution in [-0.4, -0.2) is 30.6 Å². The summed E-state index contributed by atoms with van der Waals surface area (Å²) in [5.41, 5.74) is 2.07. The standard InChI is InChI=1S/C13H19N3O2/c1-3-15(11-4-5-14-9-11)12-6-10(2)7-13(8-12)16(17)18/h6-8,11,14H,3-5,9H2,1-2H3. The van der Waals surface area contributed by atoms with Gasteiger partial charge < -0.3 is 10.2 Å². The molecule has 0 bridgehead atoms. The van der Waals surface area contributed by atoms with Crippen molar-refractivity contribution in [2.75, 3.05) is 24.5 Å². The number of nitro benzene ring substituents is 1. The molecule has 0 aromatic heterocycles. The van der Waals surface area contributed by atoms with E-state index in [1.54, 1.807) is 12.1 Å². The number of nitrogens with one attached hydrogen (secondary N) is 1. The highest BCUT2D eigenvalue weighted by molar-refractivity contribution is 5.56. The molecular weight excluding hydrogens is 230 g/mol. The maximum atomic E-state index is 10.9. The Morgan fingerprint density at radius 1 is 1.50 bits per heavy atom. The zero-order chi connectivity index (χ0) is 13.1. The van der Waals surface area contributed by atoms with Crippen LogP contribution in [0.1, 0.15) is 18.9 Å². The van der Waals surface area contributed by atoms with Gasteiger partial charge in [0, 0.05) is 37.0 Å². The van der Waals surface area contributed by atoms with Crippen molar-refractivity contribution in [2.45, 2.75) is 26.3 Å². The van der Waals surface area contributed by atoms with Crippen LogP contribution in [0.25, 0.3) is 0 Å². The topological polar surface area (TPSA) is 58.4 Å². The van der Waals surface area contributed by atoms with E-state index in [0.29, 0.717) is 6.04 Å². The van der Waals surface area contributed by atoms with Crippen LogP contribution in [0.4, 0.5) is 11.4 Å². The first-order chi connectivity index (χ1) is 8.61. The van der Waals surface area contributed by atoms with Crippen LogP contribution in [0.3, 0.4) is 0 Å². The summed E-state index contributed by atoms with van der Waals surface area (Å²) in [6.07, 6.45) is 1.09. The molecule has 1 fully saturated rings. The minimum atomic E-state index is -0.322. The number of anilines is 1. The van der Waals surface area contributed by atoms with Crippen molar-refractivity contribution in [1.29, 1.82) is 0 Å². The lowest BCUT2D eigenvalue weighted by atomic mass is 10.1. The van der Waals surface area contributed by atoms with E-state index in [4.69, 9.17) is 0 Å². The van der Waals surface area contributed by atoms with Crippen LogP contribution >= 0.6 is 0 Å². The quantitative estimate of drug-likeness (QED) is 0.655. The van der Waals surface area contributed by atoms with Gasteiger partial charge in [0.2, 0.25) is 0 Å². The van der Waals surface area contributed by atoms with Gasteiger partial charge in [-0.3, -0.25) is 10.1 Å². The average Bonchev–Trinajstić information content (AvgIpc) is 2.83. The molecule has 5 nitrogen and oxygen atoms in total. The van der Waals surface area contributed by atoms with Gasteiger partial charge in [0.1, 0.15) is 0 Å². The Bertz CT molecular complexity index is 442. The fourth-order valence-corrected chi connectivity index (χ4v) is 2.57. The van der Waals surface area contributed by atoms with E-state index in [2.05, 4.69) is 17.1 Å². The third-order valence-electron chi connectivity index (χ3n) is 3.41. The SMILES string of the molecule is CCN(c1cc(C)cc([N+](=O)[O-])c1)C1CCNC1. The van der Waals surface area contributed by atoms with E-state index in [-0.39, 0.29) is 10.6 Å². The molecular formula is C13H19N3O2. The second-order valence-electron chi connectivity index (χ2n) is 4.72. The fraction of sp³-hybridized carbons (Fsp3) is 0.538. The summed E-state index contributed by atoms with van der Waals surface area (Å²) >= 11 is 0. The van der Waals surface area contributed by atoms with Gasteiger partial charge in [-0.2, -0.15) is 0 Å². The van der Waals surface area contributed by atoms with Crippen LogP contribution in [0.15, 0.2) is 18.2 Å². The van der Waals surface area contributed by atoms with Crippen molar-refractivity contribution < 1.29 is 4.92 Å². The van der Waals surface area contributed by atoms with E-state index in [9.17, 15) is 10.1 Å². The summed E-state index contributed by atoms with van der Waals surface area (Å²) in [6.45, 7) is 6.83. The minimum Gasteiger partial charge on any atom is -0.367 e. The summed E-state index contributed by atoms with van der Waals surface area (Å²) in [5.74, 6) is 0. The Hall–Kier alpha value is -1.62. The van der Waals surface area contributed by atoms with E-state index in [1.807, 2.05) is 13.0 Å². The maximum Gasteiger partial charge on any atom is 0.271 e. The van der Waals surface area contributed by atoms with Crippen LogP contribution in [0, 0.1) is 17.0 Å². The third-order valence-corrected chi connectivity index (χ3v) is 3.41. The van der Waals surface area contributed by atoms with Gasteiger partial charge in [-0.25, -0.2) is 0 Å². The highest BCUT2D eigenvalue weighted by Crippen LogP contribution is 2.26. The normalized spacial score (nSPS) is 18.9. The van der Waals surface area contributed by atoms with Crippen LogP contribution in [-0.2, 0) is 0 Å². The van der Waals surface area contributed by atoms with Crippen molar-refractivity contribution in [3.8, 4) is 0 Å². The molecule has 5 heteroatoms. The Balaban J connectivity index is 2.32. The zero-order valence-corrected chi connectivity index (χ0v) is 10.8. The molecule has 0 amide bonds. The largest absolute Gasteiger partial charge is 0.367 e. The molecule has 2 rings (SSSR count). The van der Waals surface area contributed by atoms with Gasteiger partial charge in [0.25, 0.3) is 5.69 Å². The van der Waals surface area contributed by atoms with Crippen molar-refractivity contribution in [1.82, 2.24) is 5.32 Å². The number of hydrogen-bond donors (Lipinski definition) is 1. The minimum absolute atomic E-state index is 0.175. The number of aryl methyl sites for hydroxylation is 1. The number of likely N-dealkylation sites (N-methyl/N-ethyl adjacent to an activating group) is 1. The average molecular weight is 249 g/mol. The first-order valence-corrected chi connectivity index (χ1v) is 6.35. The molecule has 1 aromatic rings. The number of nitrogens with zero attached hydrogens (tertiary/aromatic N) is 2. The van der Waals surface area contributed by atoms with Crippen molar-refractivity contribution >= 4 is 11.4 Å². The van der Waals surface area contributed by atoms with E-state index in [1.165, 1.54) is 0 Å². The molecule has 18 heavy (non-hydrogen) atoms. The molecule has 0 saturated carbocycles. The highest BCUT2D eigenvalue weighted by Gasteiger charge is 2.22. The van der Waals surface area contributed by atoms with Gasteiger partial charge in [-0.15, -0.1) is 0 Å². The second-order valence-corrected chi connectivity index (χ2v) is 4.72. The van der Waals surface area contributed by atoms with E-state index < -0.39 is 0 Å². The summed E-state index contributed by atoms with van der Waals surface area (Å²) in [4.78, 5) is 12.8. The molecule has 1 aliphatic rings. The van der Waals surface area contributed by atoms with Gasteiger partial charge in [-0.1, -0.05) is 0 Å². The molecule has 1 heterocycles. The predicted octanol–water partition coefficient (Wildman–Crippen LogP) is 2.09. The number of non-ortho nitro benzene ring substituents is 1. The number of rotatable bonds is 4. The van der Waals surface area contributed by atoms with Crippen LogP contribution < -0.4 is 10.2 Å². The Labute approximate surface area is 107 Å². The van der Waals surface area contributed by atoms with Crippen molar-refractivity contribution in [3.63, 3.8) is 0 Å². The maximum absolute atomic E-state index is 10.9. The zero-order valence-electron chi connectivity index (χ0n) is 10.8. The van der Waals surface area contributed by atoms with Crippen LogP contribution in [0.5, 0.6) is 0 Å². The monoisotopic (exact) mass is 249 g/mol. The lowest BCUT2D eigenvalue weighted by Crippen LogP contribution is -2.36.